The van der Waals surface area contributed by atoms with Crippen LogP contribution in [0.25, 0.3) is 0 Å². The number of hydrogen-bond acceptors (Lipinski definition) is 3. The molecule has 1 amide bonds. The van der Waals surface area contributed by atoms with Crippen LogP contribution in [-0.2, 0) is 11.3 Å². The zero-order valence-corrected chi connectivity index (χ0v) is 15.4. The van der Waals surface area contributed by atoms with Gasteiger partial charge < -0.3 is 14.5 Å². The van der Waals surface area contributed by atoms with Gasteiger partial charge >= 0.3 is 6.09 Å². The van der Waals surface area contributed by atoms with Crippen LogP contribution < -0.4 is 0 Å². The first-order valence-corrected chi connectivity index (χ1v) is 7.95. The fourth-order valence-electron chi connectivity index (χ4n) is 1.78. The lowest BCUT2D eigenvalue weighted by Gasteiger charge is -2.26. The summed E-state index contributed by atoms with van der Waals surface area (Å²) >= 11 is 3.36. The van der Waals surface area contributed by atoms with Gasteiger partial charge in [-0.25, -0.2) is 9.18 Å². The van der Waals surface area contributed by atoms with Crippen LogP contribution >= 0.6 is 15.9 Å². The summed E-state index contributed by atoms with van der Waals surface area (Å²) in [4.78, 5) is 15.3. The van der Waals surface area contributed by atoms with Crippen molar-refractivity contribution in [2.75, 3.05) is 27.2 Å². The Hall–Kier alpha value is -1.14. The van der Waals surface area contributed by atoms with Crippen molar-refractivity contribution in [1.82, 2.24) is 9.80 Å². The van der Waals surface area contributed by atoms with Crippen LogP contribution in [0.3, 0.4) is 0 Å². The standard InChI is InChI=1S/C16H24BrFN2O2/c1-16(2,3)22-15(21)20(5)10-9-19(4)11-12-13(17)7-6-8-14(12)18/h6-8H,9-11H2,1-5H3. The lowest BCUT2D eigenvalue weighted by atomic mass is 10.2. The summed E-state index contributed by atoms with van der Waals surface area (Å²) in [7, 11) is 3.59. The van der Waals surface area contributed by atoms with E-state index >= 15 is 0 Å². The monoisotopic (exact) mass is 374 g/mol. The molecular weight excluding hydrogens is 351 g/mol. The maximum absolute atomic E-state index is 13.8. The van der Waals surface area contributed by atoms with E-state index in [1.165, 1.54) is 11.0 Å². The van der Waals surface area contributed by atoms with Crippen molar-refractivity contribution in [1.29, 1.82) is 0 Å². The number of carbonyl (C=O) groups excluding carboxylic acids is 1. The molecule has 0 aliphatic heterocycles. The van der Waals surface area contributed by atoms with Crippen molar-refractivity contribution >= 4 is 22.0 Å². The van der Waals surface area contributed by atoms with Crippen molar-refractivity contribution in [3.63, 3.8) is 0 Å². The molecule has 0 aromatic heterocycles. The number of hydrogen-bond donors (Lipinski definition) is 0. The lowest BCUT2D eigenvalue weighted by Crippen LogP contribution is -2.38. The summed E-state index contributed by atoms with van der Waals surface area (Å²) in [5.74, 6) is -0.235. The Labute approximate surface area is 140 Å². The molecular formula is C16H24BrFN2O2. The molecule has 6 heteroatoms. The molecule has 0 bridgehead atoms. The Morgan fingerprint density at radius 3 is 2.45 bits per heavy atom. The Bertz CT molecular complexity index is 497. The zero-order valence-electron chi connectivity index (χ0n) is 13.8. The average Bonchev–Trinajstić information content (AvgIpc) is 2.38. The van der Waals surface area contributed by atoms with E-state index in [9.17, 15) is 9.18 Å². The number of amides is 1. The summed E-state index contributed by atoms with van der Waals surface area (Å²) < 4.78 is 19.8. The minimum atomic E-state index is -0.505. The number of rotatable bonds is 5. The van der Waals surface area contributed by atoms with Gasteiger partial charge in [-0.2, -0.15) is 0 Å². The van der Waals surface area contributed by atoms with Crippen molar-refractivity contribution in [3.8, 4) is 0 Å². The molecule has 124 valence electrons. The van der Waals surface area contributed by atoms with Gasteiger partial charge in [-0.1, -0.05) is 22.0 Å². The quantitative estimate of drug-likeness (QED) is 0.783. The van der Waals surface area contributed by atoms with Gasteiger partial charge in [0.2, 0.25) is 0 Å². The topological polar surface area (TPSA) is 32.8 Å². The smallest absolute Gasteiger partial charge is 0.410 e. The van der Waals surface area contributed by atoms with Crippen LogP contribution in [0.5, 0.6) is 0 Å². The molecule has 0 saturated heterocycles. The minimum Gasteiger partial charge on any atom is -0.444 e. The van der Waals surface area contributed by atoms with Crippen molar-refractivity contribution in [3.05, 3.63) is 34.1 Å². The first-order chi connectivity index (χ1) is 10.1. The predicted molar refractivity (Wildman–Crippen MR) is 89.3 cm³/mol. The van der Waals surface area contributed by atoms with Crippen molar-refractivity contribution in [2.24, 2.45) is 0 Å². The summed E-state index contributed by atoms with van der Waals surface area (Å²) in [6, 6.07) is 4.93. The average molecular weight is 375 g/mol. The summed E-state index contributed by atoms with van der Waals surface area (Å²) in [5, 5.41) is 0. The number of ether oxygens (including phenoxy) is 1. The molecule has 0 fully saturated rings. The predicted octanol–water partition coefficient (Wildman–Crippen LogP) is 3.89. The number of halogens is 2. The Balaban J connectivity index is 2.49. The molecule has 0 saturated carbocycles. The molecule has 0 aliphatic rings. The molecule has 22 heavy (non-hydrogen) atoms. The minimum absolute atomic E-state index is 0.235. The van der Waals surface area contributed by atoms with E-state index in [2.05, 4.69) is 15.9 Å². The van der Waals surface area contributed by atoms with Gasteiger partial charge in [0.25, 0.3) is 0 Å². The normalized spacial score (nSPS) is 11.6. The van der Waals surface area contributed by atoms with E-state index in [0.717, 1.165) is 4.47 Å². The fraction of sp³-hybridized carbons (Fsp3) is 0.562. The SMILES string of the molecule is CN(CCN(C)C(=O)OC(C)(C)C)Cc1c(F)cccc1Br. The Morgan fingerprint density at radius 1 is 1.27 bits per heavy atom. The van der Waals surface area contributed by atoms with Crippen molar-refractivity contribution < 1.29 is 13.9 Å². The van der Waals surface area contributed by atoms with E-state index in [1.807, 2.05) is 38.8 Å². The number of nitrogens with zero attached hydrogens (tertiary/aromatic N) is 2. The van der Waals surface area contributed by atoms with Gasteiger partial charge in [0.15, 0.2) is 0 Å². The van der Waals surface area contributed by atoms with E-state index in [1.54, 1.807) is 13.1 Å². The Morgan fingerprint density at radius 2 is 1.91 bits per heavy atom. The first-order valence-electron chi connectivity index (χ1n) is 7.15. The van der Waals surface area contributed by atoms with E-state index in [0.29, 0.717) is 25.2 Å². The second-order valence-electron chi connectivity index (χ2n) is 6.34. The van der Waals surface area contributed by atoms with E-state index in [-0.39, 0.29) is 11.9 Å². The third kappa shape index (κ3) is 6.32. The maximum Gasteiger partial charge on any atom is 0.410 e. The highest BCUT2D eigenvalue weighted by molar-refractivity contribution is 9.10. The van der Waals surface area contributed by atoms with Crippen LogP contribution in [-0.4, -0.2) is 48.7 Å². The highest BCUT2D eigenvalue weighted by Gasteiger charge is 2.19. The molecule has 0 unspecified atom stereocenters. The second kappa shape index (κ2) is 7.92. The van der Waals surface area contributed by atoms with Gasteiger partial charge in [-0.15, -0.1) is 0 Å². The molecule has 4 nitrogen and oxygen atoms in total. The zero-order chi connectivity index (χ0) is 16.9. The summed E-state index contributed by atoms with van der Waals surface area (Å²) in [5.41, 5.74) is 0.111. The molecule has 0 radical (unpaired) electrons. The third-order valence-corrected chi connectivity index (χ3v) is 3.75. The number of benzene rings is 1. The van der Waals surface area contributed by atoms with Crippen molar-refractivity contribution in [2.45, 2.75) is 32.9 Å². The van der Waals surface area contributed by atoms with Gasteiger partial charge in [0.05, 0.1) is 0 Å². The number of likely N-dealkylation sites (N-methyl/N-ethyl adjacent to an activating group) is 2. The largest absolute Gasteiger partial charge is 0.444 e. The van der Waals surface area contributed by atoms with Crippen LogP contribution in [0.15, 0.2) is 22.7 Å². The molecule has 0 spiro atoms. The molecule has 1 aromatic carbocycles. The maximum atomic E-state index is 13.8. The lowest BCUT2D eigenvalue weighted by molar-refractivity contribution is 0.0286. The van der Waals surface area contributed by atoms with E-state index < -0.39 is 5.60 Å². The highest BCUT2D eigenvalue weighted by Crippen LogP contribution is 2.20. The molecule has 1 aromatic rings. The Kier molecular flexibility index (Phi) is 6.81. The third-order valence-electron chi connectivity index (χ3n) is 3.01. The second-order valence-corrected chi connectivity index (χ2v) is 7.19. The van der Waals surface area contributed by atoms with Gasteiger partial charge in [-0.05, 0) is 40.0 Å². The summed E-state index contributed by atoms with van der Waals surface area (Å²) in [6.45, 7) is 7.10. The fourth-order valence-corrected chi connectivity index (χ4v) is 2.25. The molecule has 0 N–H and O–H groups in total. The van der Waals surface area contributed by atoms with Crippen LogP contribution in [0.1, 0.15) is 26.3 Å². The van der Waals surface area contributed by atoms with Crippen LogP contribution in [0.4, 0.5) is 9.18 Å². The van der Waals surface area contributed by atoms with Crippen LogP contribution in [0, 0.1) is 5.82 Å². The number of carbonyl (C=O) groups is 1. The van der Waals surface area contributed by atoms with Gasteiger partial charge in [-0.3, -0.25) is 0 Å². The molecule has 0 heterocycles. The summed E-state index contributed by atoms with van der Waals surface area (Å²) in [6.07, 6.45) is -0.354. The first kappa shape index (κ1) is 18.9. The molecule has 0 aliphatic carbocycles. The molecule has 1 rings (SSSR count). The van der Waals surface area contributed by atoms with E-state index in [4.69, 9.17) is 4.74 Å². The van der Waals surface area contributed by atoms with Crippen LogP contribution in [0.2, 0.25) is 0 Å². The van der Waals surface area contributed by atoms with Gasteiger partial charge in [0.1, 0.15) is 11.4 Å². The highest BCUT2D eigenvalue weighted by atomic mass is 79.9. The molecule has 0 atom stereocenters. The van der Waals surface area contributed by atoms with Gasteiger partial charge in [0, 0.05) is 36.7 Å².